The first-order valence-electron chi connectivity index (χ1n) is 13.7. The molecule has 8 bridgehead atoms. The fourth-order valence-electron chi connectivity index (χ4n) is 5.74. The zero-order valence-corrected chi connectivity index (χ0v) is 31.1. The molecule has 7 aromatic rings. The molecule has 0 spiro atoms. The summed E-state index contributed by atoms with van der Waals surface area (Å²) in [4.78, 5) is 38.5. The molecule has 4 aromatic carbocycles. The molecule has 17 heteroatoms. The third-order valence-corrected chi connectivity index (χ3v) is 10.6. The minimum atomic E-state index is 0. The van der Waals surface area contributed by atoms with Gasteiger partial charge in [0.05, 0.1) is 63.5 Å². The van der Waals surface area contributed by atoms with Crippen LogP contribution < -0.4 is 9.97 Å². The van der Waals surface area contributed by atoms with Gasteiger partial charge in [-0.05, 0) is 70.1 Å². The van der Waals surface area contributed by atoms with Crippen molar-refractivity contribution >= 4 is 137 Å². The molecule has 0 unspecified atom stereocenters. The van der Waals surface area contributed by atoms with Crippen molar-refractivity contribution in [2.24, 2.45) is 0 Å². The Bertz CT molecular complexity index is 2430. The van der Waals surface area contributed by atoms with Crippen molar-refractivity contribution < 1.29 is 22.4 Å². The second kappa shape index (κ2) is 12.2. The van der Waals surface area contributed by atoms with Crippen molar-refractivity contribution in [1.82, 2.24) is 39.9 Å². The molecular weight excluding hydrogens is 888 g/mol. The summed E-state index contributed by atoms with van der Waals surface area (Å²) in [5, 5.41) is 4.73. The predicted octanol–water partition coefficient (Wildman–Crippen LogP) is 11.4. The van der Waals surface area contributed by atoms with E-state index in [1.54, 1.807) is 48.5 Å². The second-order valence-electron chi connectivity index (χ2n) is 10.7. The first-order chi connectivity index (χ1) is 23.0. The van der Waals surface area contributed by atoms with E-state index in [1.165, 1.54) is 0 Å². The van der Waals surface area contributed by atoms with E-state index in [0.29, 0.717) is 84.0 Å². The van der Waals surface area contributed by atoms with Crippen LogP contribution in [-0.2, 0) is 22.4 Å². The van der Waals surface area contributed by atoms with Crippen LogP contribution in [-0.4, -0.2) is 29.9 Å². The van der Waals surface area contributed by atoms with E-state index in [9.17, 15) is 0 Å². The molecule has 0 N–H and O–H groups in total. The molecule has 0 amide bonds. The average Bonchev–Trinajstić information content (AvgIpc) is 3.77. The van der Waals surface area contributed by atoms with Crippen LogP contribution >= 0.6 is 92.8 Å². The Kier molecular flexibility index (Phi) is 8.34. The molecule has 0 saturated heterocycles. The summed E-state index contributed by atoms with van der Waals surface area (Å²) in [6, 6.07) is 13.2. The molecule has 3 aromatic heterocycles. The fraction of sp³-hybridized carbons (Fsp3) is 0. The molecule has 0 aliphatic carbocycles. The van der Waals surface area contributed by atoms with Gasteiger partial charge < -0.3 is 29.9 Å². The van der Waals surface area contributed by atoms with E-state index in [0.717, 1.165) is 0 Å². The average molecular weight is 896 g/mol. The number of aromatic nitrogens is 8. The second-order valence-corrected chi connectivity index (χ2v) is 13.9. The van der Waals surface area contributed by atoms with E-state index in [4.69, 9.17) is 133 Å². The maximum absolute atomic E-state index is 6.74. The van der Waals surface area contributed by atoms with E-state index in [-0.39, 0.29) is 68.3 Å². The van der Waals surface area contributed by atoms with Crippen molar-refractivity contribution in [2.75, 3.05) is 0 Å². The van der Waals surface area contributed by atoms with Crippen LogP contribution in [0.3, 0.4) is 0 Å². The van der Waals surface area contributed by atoms with Gasteiger partial charge in [0, 0.05) is 67.2 Å². The summed E-state index contributed by atoms with van der Waals surface area (Å²) < 4.78 is 0. The molecule has 1 radical (unpaired) electrons. The van der Waals surface area contributed by atoms with Gasteiger partial charge in [0.25, 0.3) is 0 Å². The maximum atomic E-state index is 6.74. The van der Waals surface area contributed by atoms with Gasteiger partial charge in [-0.2, -0.15) is 0 Å². The summed E-state index contributed by atoms with van der Waals surface area (Å²) in [7, 11) is 0. The molecule has 245 valence electrons. The van der Waals surface area contributed by atoms with Crippen molar-refractivity contribution in [3.05, 3.63) is 88.7 Å². The van der Waals surface area contributed by atoms with Gasteiger partial charge in [0.15, 0.2) is 0 Å². The zero-order chi connectivity index (χ0) is 33.2. The van der Waals surface area contributed by atoms with E-state index in [1.807, 2.05) is 0 Å². The molecule has 9 rings (SSSR count). The van der Waals surface area contributed by atoms with Crippen LogP contribution in [0.2, 0.25) is 40.2 Å². The Morgan fingerprint density at radius 1 is 0.327 bits per heavy atom. The van der Waals surface area contributed by atoms with Gasteiger partial charge in [0.2, 0.25) is 0 Å². The molecule has 0 atom stereocenters. The van der Waals surface area contributed by atoms with Gasteiger partial charge in [-0.1, -0.05) is 92.8 Å². The van der Waals surface area contributed by atoms with Gasteiger partial charge >= 0.3 is 0 Å². The number of halogens is 8. The fourth-order valence-corrected chi connectivity index (χ4v) is 7.37. The zero-order valence-electron chi connectivity index (χ0n) is 23.5. The van der Waals surface area contributed by atoms with E-state index < -0.39 is 0 Å². The molecule has 49 heavy (non-hydrogen) atoms. The summed E-state index contributed by atoms with van der Waals surface area (Å²) in [5.41, 5.74) is 2.78. The number of benzene rings is 4. The minimum Gasteiger partial charge on any atom is -0.357 e. The van der Waals surface area contributed by atoms with E-state index in [2.05, 4.69) is 0 Å². The van der Waals surface area contributed by atoms with Gasteiger partial charge in [-0.15, -0.1) is 0 Å². The first kappa shape index (κ1) is 33.4. The van der Waals surface area contributed by atoms with Crippen molar-refractivity contribution in [3.63, 3.8) is 0 Å². The van der Waals surface area contributed by atoms with Crippen molar-refractivity contribution in [1.29, 1.82) is 0 Å². The topological polar surface area (TPSA) is 106 Å². The first-order valence-corrected chi connectivity index (χ1v) is 16.7. The standard InChI is InChI=1S/C32H8Cl8N8.Ag/c33-13-1-2-14(34)22-21(13)29-43-25-9-5-17(37)18(38)6-10(9)27(41-25)45-31-23-15(35)3-4-16(36)24(23)32(48-31)46-28-12-8-20(40)19(39)7-11(12)26(42-28)44-30(22)47-29;/h1-8H;/q-2;. The smallest absolute Gasteiger partial charge is 0.0943 e. The third kappa shape index (κ3) is 5.24. The third-order valence-electron chi connectivity index (χ3n) is 7.88. The molecule has 2 aliphatic heterocycles. The molecule has 5 heterocycles. The Labute approximate surface area is 330 Å². The molecule has 2 aliphatic rings. The predicted molar refractivity (Wildman–Crippen MR) is 194 cm³/mol. The largest absolute Gasteiger partial charge is 0.357 e. The Hall–Kier alpha value is -2.70. The van der Waals surface area contributed by atoms with Crippen LogP contribution in [0.5, 0.6) is 0 Å². The Morgan fingerprint density at radius 2 is 0.551 bits per heavy atom. The summed E-state index contributed by atoms with van der Waals surface area (Å²) in [6.45, 7) is 0. The van der Waals surface area contributed by atoms with Crippen LogP contribution in [0.25, 0.3) is 89.7 Å². The van der Waals surface area contributed by atoms with Gasteiger partial charge in [-0.3, -0.25) is 0 Å². The molecular formula is C32H8AgCl8N8-2. The van der Waals surface area contributed by atoms with Crippen LogP contribution in [0, 0.1) is 0 Å². The van der Waals surface area contributed by atoms with Crippen molar-refractivity contribution in [3.8, 4) is 45.6 Å². The SMILES string of the molecule is Clc1cc2c3nc4nc(nc5[n-]c(nc6nc(nc([n-]3)c2cc1Cl)-c1c(Cl)ccc(Cl)c1-6)c1cc(Cl)c(Cl)cc51)-c1c(Cl)ccc(Cl)c1-4.[Ag]. The Balaban J connectivity index is 0.00000348. The molecule has 0 saturated carbocycles. The van der Waals surface area contributed by atoms with E-state index >= 15 is 0 Å². The summed E-state index contributed by atoms with van der Waals surface area (Å²) in [5.74, 6) is 0.819. The number of nitrogens with zero attached hydrogens (tertiary/aromatic N) is 8. The maximum Gasteiger partial charge on any atom is 0.0943 e. The van der Waals surface area contributed by atoms with Crippen LogP contribution in [0.4, 0.5) is 0 Å². The van der Waals surface area contributed by atoms with Crippen LogP contribution in [0.15, 0.2) is 48.5 Å². The molecule has 0 fully saturated rings. The van der Waals surface area contributed by atoms with Gasteiger partial charge in [0.1, 0.15) is 0 Å². The molecule has 8 nitrogen and oxygen atoms in total. The Morgan fingerprint density at radius 3 is 0.776 bits per heavy atom. The van der Waals surface area contributed by atoms with Crippen molar-refractivity contribution in [2.45, 2.75) is 0 Å². The summed E-state index contributed by atoms with van der Waals surface area (Å²) in [6.07, 6.45) is 0. The number of rotatable bonds is 0. The van der Waals surface area contributed by atoms with Crippen LogP contribution in [0.1, 0.15) is 0 Å². The van der Waals surface area contributed by atoms with Gasteiger partial charge in [-0.25, -0.2) is 9.97 Å². The summed E-state index contributed by atoms with van der Waals surface area (Å²) >= 11 is 52.8. The quantitative estimate of drug-likeness (QED) is 0.139. The number of hydrogen-bond acceptors (Lipinski definition) is 6. The minimum absolute atomic E-state index is 0. The number of fused-ring (bicyclic) bond motifs is 20. The number of hydrogen-bond donors (Lipinski definition) is 0. The monoisotopic (exact) mass is 891 g/mol. The normalized spacial score (nSPS) is 11.9.